The summed E-state index contributed by atoms with van der Waals surface area (Å²) in [4.78, 5) is 50.6. The average molecular weight is 950 g/mol. The number of nitrogens with zero attached hydrogens (tertiary/aromatic N) is 2. The minimum atomic E-state index is -0.889. The molecule has 0 saturated heterocycles. The van der Waals surface area contributed by atoms with Crippen LogP contribution in [0.1, 0.15) is 34.7 Å². The zero-order valence-electron chi connectivity index (χ0n) is 35.7. The minimum absolute atomic E-state index is 0. The maximum atomic E-state index is 11.6. The van der Waals surface area contributed by atoms with Gasteiger partial charge in [0.05, 0.1) is 26.4 Å². The Morgan fingerprint density at radius 2 is 0.785 bits per heavy atom. The number of Topliss-reactive ketones (excluding diaryl/α,β-unsaturated/α-hetero) is 1. The Balaban J connectivity index is 0.000000481. The number of phenolic OH excluding ortho intramolecular Hbond substituents is 2. The van der Waals surface area contributed by atoms with Crippen molar-refractivity contribution in [2.24, 2.45) is 0 Å². The molecule has 0 atom stereocenters. The first kappa shape index (κ1) is 56.2. The highest BCUT2D eigenvalue weighted by Gasteiger charge is 2.07. The van der Waals surface area contributed by atoms with E-state index in [9.17, 15) is 14.4 Å². The second kappa shape index (κ2) is 35.6. The van der Waals surface area contributed by atoms with Gasteiger partial charge in [0.1, 0.15) is 17.3 Å². The number of carbonyl (C=O) groups excluding carboxylic acids is 5. The van der Waals surface area contributed by atoms with E-state index in [1.54, 1.807) is 80.2 Å². The number of benzene rings is 4. The van der Waals surface area contributed by atoms with E-state index < -0.39 is 17.0 Å². The van der Waals surface area contributed by atoms with Crippen molar-refractivity contribution < 1.29 is 65.2 Å². The molecule has 0 aliphatic carbocycles. The van der Waals surface area contributed by atoms with Crippen molar-refractivity contribution in [3.8, 4) is 17.2 Å². The van der Waals surface area contributed by atoms with Gasteiger partial charge in [0.25, 0.3) is 6.79 Å². The van der Waals surface area contributed by atoms with E-state index in [4.69, 9.17) is 38.4 Å². The lowest BCUT2D eigenvalue weighted by atomic mass is 10.1. The Hall–Kier alpha value is -6.80. The summed E-state index contributed by atoms with van der Waals surface area (Å²) < 4.78 is 24.0. The van der Waals surface area contributed by atoms with E-state index in [-0.39, 0.29) is 56.1 Å². The van der Waals surface area contributed by atoms with Gasteiger partial charge in [-0.2, -0.15) is 0 Å². The van der Waals surface area contributed by atoms with Gasteiger partial charge in [0.15, 0.2) is 0 Å². The van der Waals surface area contributed by atoms with Crippen LogP contribution < -0.4 is 12.4 Å². The molecule has 0 bridgehead atoms. The molecule has 2 heterocycles. The van der Waals surface area contributed by atoms with Crippen LogP contribution >= 0.6 is 23.2 Å². The molecule has 2 aromatic heterocycles. The number of ether oxygens (including phenoxy) is 4. The molecule has 0 aliphatic rings. The van der Waals surface area contributed by atoms with Gasteiger partial charge in [-0.15, -0.1) is 0 Å². The lowest BCUT2D eigenvalue weighted by Crippen LogP contribution is -3.00. The molecule has 0 spiro atoms. The van der Waals surface area contributed by atoms with Crippen LogP contribution in [0.2, 0.25) is 0 Å². The molecular weight excluding hydrogens is 899 g/mol. The second-order valence-electron chi connectivity index (χ2n) is 13.0. The van der Waals surface area contributed by atoms with Crippen molar-refractivity contribution in [3.63, 3.8) is 0 Å². The fourth-order valence-electron chi connectivity index (χ4n) is 4.91. The summed E-state index contributed by atoms with van der Waals surface area (Å²) in [5.74, 6) is 1.23. The minimum Gasteiger partial charge on any atom is -1.00 e. The summed E-state index contributed by atoms with van der Waals surface area (Å²) in [6.45, 7) is 5.86. The van der Waals surface area contributed by atoms with E-state index in [1.807, 2.05) is 84.9 Å². The third-order valence-corrected chi connectivity index (χ3v) is 8.01. The Kier molecular flexibility index (Phi) is 30.8. The first-order valence-corrected chi connectivity index (χ1v) is 20.5. The number of aromatic hydroxyl groups is 2. The van der Waals surface area contributed by atoms with Crippen LogP contribution in [0.3, 0.4) is 0 Å². The average Bonchev–Trinajstić information content (AvgIpc) is 3.30. The molecule has 344 valence electrons. The van der Waals surface area contributed by atoms with E-state index in [1.165, 1.54) is 0 Å². The van der Waals surface area contributed by atoms with Crippen molar-refractivity contribution in [3.05, 3.63) is 186 Å². The van der Waals surface area contributed by atoms with E-state index >= 15 is 0 Å². The van der Waals surface area contributed by atoms with Crippen LogP contribution in [-0.4, -0.2) is 76.2 Å². The number of aromatic nitrogens is 2. The van der Waals surface area contributed by atoms with Crippen LogP contribution in [0.15, 0.2) is 158 Å². The smallest absolute Gasteiger partial charge is 0.508 e. The number of halogens is 3. The molecule has 2 N–H and O–H groups in total. The molecule has 65 heavy (non-hydrogen) atoms. The van der Waals surface area contributed by atoms with Crippen molar-refractivity contribution in [2.75, 3.05) is 26.4 Å². The van der Waals surface area contributed by atoms with Crippen LogP contribution in [0.25, 0.3) is 0 Å². The molecule has 0 unspecified atom stereocenters. The van der Waals surface area contributed by atoms with Gasteiger partial charge in [-0.1, -0.05) is 60.7 Å². The number of hydrogen-bond acceptors (Lipinski definition) is 12. The second-order valence-corrected chi connectivity index (χ2v) is 13.9. The maximum Gasteiger partial charge on any atom is 0.508 e. The number of carbonyl (C=O) groups is 4. The SMILES string of the molecule is C=[O+]c1ccc(CCOC(=O)OCCc2ccc(CC(C)=O)cc2)cc1.O=C(Cl)Cl.O=C(OCCc1ccc(O)cc1)OCCc1ccc(O)cc1.[Cl-].c1ccncc1.c1ccncc1. The number of phenols is 2. The Bertz CT molecular complexity index is 2040. The van der Waals surface area contributed by atoms with Gasteiger partial charge in [0.2, 0.25) is 0 Å². The monoisotopic (exact) mass is 948 g/mol. The summed E-state index contributed by atoms with van der Waals surface area (Å²) in [6, 6.07) is 40.0. The molecule has 16 heteroatoms. The first-order chi connectivity index (χ1) is 30.9. The Morgan fingerprint density at radius 1 is 0.508 bits per heavy atom. The highest BCUT2D eigenvalue weighted by molar-refractivity contribution is 6.93. The molecule has 0 saturated carbocycles. The third kappa shape index (κ3) is 30.8. The number of hydrogen-bond donors (Lipinski definition) is 2. The van der Waals surface area contributed by atoms with Crippen molar-refractivity contribution in [2.45, 2.75) is 39.0 Å². The molecule has 6 rings (SSSR count). The fourth-order valence-corrected chi connectivity index (χ4v) is 4.91. The largest absolute Gasteiger partial charge is 1.00 e. The van der Waals surface area contributed by atoms with Gasteiger partial charge < -0.3 is 41.6 Å². The summed E-state index contributed by atoms with van der Waals surface area (Å²) >= 11 is 8.80. The summed E-state index contributed by atoms with van der Waals surface area (Å²) in [7, 11) is 0. The Morgan fingerprint density at radius 3 is 1.03 bits per heavy atom. The van der Waals surface area contributed by atoms with Gasteiger partial charge >= 0.3 is 22.8 Å². The zero-order chi connectivity index (χ0) is 46.6. The van der Waals surface area contributed by atoms with Crippen molar-refractivity contribution in [1.29, 1.82) is 0 Å². The third-order valence-electron chi connectivity index (χ3n) is 8.01. The molecule has 4 aromatic carbocycles. The van der Waals surface area contributed by atoms with Gasteiger partial charge in [0, 0.05) is 69.0 Å². The van der Waals surface area contributed by atoms with E-state index in [0.717, 1.165) is 27.8 Å². The van der Waals surface area contributed by atoms with Crippen LogP contribution in [-0.2, 0) is 60.3 Å². The Labute approximate surface area is 395 Å². The van der Waals surface area contributed by atoms with E-state index in [0.29, 0.717) is 37.9 Å². The van der Waals surface area contributed by atoms with E-state index in [2.05, 4.69) is 40.0 Å². The number of pyridine rings is 2. The normalized spacial score (nSPS) is 9.40. The topological polar surface area (TPSA) is 183 Å². The zero-order valence-corrected chi connectivity index (χ0v) is 37.9. The lowest BCUT2D eigenvalue weighted by Gasteiger charge is -2.07. The molecule has 13 nitrogen and oxygen atoms in total. The van der Waals surface area contributed by atoms with Crippen LogP contribution in [0.4, 0.5) is 14.4 Å². The predicted molar refractivity (Wildman–Crippen MR) is 245 cm³/mol. The molecular formula is C49H51Cl3N2O11. The predicted octanol–water partition coefficient (Wildman–Crippen LogP) is 7.62. The number of ketones is 1. The maximum absolute atomic E-state index is 11.6. The van der Waals surface area contributed by atoms with Crippen LogP contribution in [0, 0.1) is 0 Å². The van der Waals surface area contributed by atoms with Crippen LogP contribution in [0.5, 0.6) is 17.2 Å². The fraction of sp³-hybridized carbons (Fsp3) is 0.204. The highest BCUT2D eigenvalue weighted by atomic mass is 35.5. The molecule has 0 fully saturated rings. The van der Waals surface area contributed by atoms with Gasteiger partial charge in [-0.3, -0.25) is 19.6 Å². The molecule has 0 radical (unpaired) electrons. The standard InChI is InChI=1S/C21H23O5.C17H18O5.2C5H5N.CCl2O.ClH/c1-16(22)15-19-5-3-17(4-6-19)11-13-25-21(23)26-14-12-18-7-9-20(24-2)10-8-18;18-15-5-1-13(2-6-15)9-11-21-17(20)22-12-10-14-3-7-16(19)8-4-14;2*1-2-4-6-5-3-1;2-1(3)4;/h3-10H,2,11-15H2,1H3;1-8,18-19H,9-12H2;2*1-5H;;1H/q+1;;;;;/p-1. The summed E-state index contributed by atoms with van der Waals surface area (Å²) in [5, 5.41) is 18.3. The van der Waals surface area contributed by atoms with Gasteiger partial charge in [-0.25, -0.2) is 14.0 Å². The molecule has 0 aliphatic heterocycles. The highest BCUT2D eigenvalue weighted by Crippen LogP contribution is 2.13. The van der Waals surface area contributed by atoms with Crippen molar-refractivity contribution in [1.82, 2.24) is 9.97 Å². The summed E-state index contributed by atoms with van der Waals surface area (Å²) in [6.07, 6.45) is 8.40. The molecule has 0 amide bonds. The first-order valence-electron chi connectivity index (χ1n) is 19.7. The summed E-state index contributed by atoms with van der Waals surface area (Å²) in [5.41, 5.74) is 4.99. The quantitative estimate of drug-likeness (QED) is 0.0585. The van der Waals surface area contributed by atoms with Crippen molar-refractivity contribution >= 4 is 52.8 Å². The van der Waals surface area contributed by atoms with Gasteiger partial charge in [-0.05, 0) is 119 Å². The number of rotatable bonds is 15. The lowest BCUT2D eigenvalue weighted by molar-refractivity contribution is -0.354. The molecule has 6 aromatic rings.